The smallest absolute Gasteiger partial charge is 0.211 e. The highest BCUT2D eigenvalue weighted by molar-refractivity contribution is 9.10. The van der Waals surface area contributed by atoms with Gasteiger partial charge in [-0.15, -0.1) is 0 Å². The van der Waals surface area contributed by atoms with Crippen LogP contribution in [-0.2, 0) is 10.0 Å². The van der Waals surface area contributed by atoms with E-state index in [4.69, 9.17) is 5.84 Å². The second-order valence-corrected chi connectivity index (χ2v) is 8.42. The van der Waals surface area contributed by atoms with E-state index in [-0.39, 0.29) is 6.04 Å². The van der Waals surface area contributed by atoms with Crippen LogP contribution in [0.3, 0.4) is 0 Å². The third-order valence-corrected chi connectivity index (χ3v) is 5.55. The van der Waals surface area contributed by atoms with Gasteiger partial charge in [0.2, 0.25) is 10.0 Å². The molecule has 118 valence electrons. The van der Waals surface area contributed by atoms with Gasteiger partial charge in [-0.2, -0.15) is 0 Å². The van der Waals surface area contributed by atoms with Crippen molar-refractivity contribution < 1.29 is 8.42 Å². The molecule has 0 amide bonds. The van der Waals surface area contributed by atoms with Crippen molar-refractivity contribution in [2.75, 3.05) is 19.3 Å². The molecule has 3 N–H and O–H groups in total. The lowest BCUT2D eigenvalue weighted by Crippen LogP contribution is -2.41. The van der Waals surface area contributed by atoms with Crippen LogP contribution in [0.2, 0.25) is 0 Å². The van der Waals surface area contributed by atoms with E-state index in [1.54, 1.807) is 16.7 Å². The van der Waals surface area contributed by atoms with Crippen LogP contribution in [0.5, 0.6) is 0 Å². The summed E-state index contributed by atoms with van der Waals surface area (Å²) in [5.74, 6) is 5.97. The molecule has 1 aromatic heterocycles. The van der Waals surface area contributed by atoms with Crippen LogP contribution in [0.4, 0.5) is 0 Å². The Morgan fingerprint density at radius 3 is 2.95 bits per heavy atom. The first-order valence-corrected chi connectivity index (χ1v) is 9.56. The molecule has 2 heterocycles. The first-order valence-electron chi connectivity index (χ1n) is 6.92. The van der Waals surface area contributed by atoms with Crippen LogP contribution in [0.15, 0.2) is 22.9 Å². The van der Waals surface area contributed by atoms with Crippen molar-refractivity contribution in [2.24, 2.45) is 11.8 Å². The summed E-state index contributed by atoms with van der Waals surface area (Å²) in [6, 6.07) is 1.95. The fraction of sp³-hybridized carbons (Fsp3) is 0.615. The lowest BCUT2D eigenvalue weighted by atomic mass is 9.90. The zero-order valence-electron chi connectivity index (χ0n) is 12.0. The summed E-state index contributed by atoms with van der Waals surface area (Å²) in [5.41, 5.74) is 3.82. The summed E-state index contributed by atoms with van der Waals surface area (Å²) in [6.45, 7) is 1.19. The Morgan fingerprint density at radius 2 is 2.33 bits per heavy atom. The van der Waals surface area contributed by atoms with Crippen molar-refractivity contribution in [1.29, 1.82) is 0 Å². The van der Waals surface area contributed by atoms with E-state index in [0.717, 1.165) is 29.3 Å². The molecule has 2 atom stereocenters. The minimum absolute atomic E-state index is 0.0282. The topological polar surface area (TPSA) is 88.3 Å². The fourth-order valence-corrected chi connectivity index (χ4v) is 4.10. The number of hydrogen-bond acceptors (Lipinski definition) is 5. The van der Waals surface area contributed by atoms with E-state index >= 15 is 0 Å². The maximum atomic E-state index is 11.7. The maximum Gasteiger partial charge on any atom is 0.211 e. The number of pyridine rings is 1. The van der Waals surface area contributed by atoms with Gasteiger partial charge in [-0.1, -0.05) is 0 Å². The summed E-state index contributed by atoms with van der Waals surface area (Å²) < 4.78 is 25.8. The van der Waals surface area contributed by atoms with Crippen LogP contribution < -0.4 is 11.3 Å². The minimum atomic E-state index is -3.11. The molecule has 1 aliphatic rings. The molecule has 0 saturated carbocycles. The molecule has 0 bridgehead atoms. The van der Waals surface area contributed by atoms with Crippen LogP contribution in [0, 0.1) is 5.92 Å². The minimum Gasteiger partial charge on any atom is -0.271 e. The number of rotatable bonds is 5. The summed E-state index contributed by atoms with van der Waals surface area (Å²) in [5, 5.41) is 0. The first-order chi connectivity index (χ1) is 9.90. The van der Waals surface area contributed by atoms with Crippen LogP contribution in [-0.4, -0.2) is 37.1 Å². The van der Waals surface area contributed by atoms with E-state index in [1.807, 2.05) is 6.07 Å². The number of sulfonamides is 1. The average Bonchev–Trinajstić information content (AvgIpc) is 2.44. The molecule has 1 fully saturated rings. The third-order valence-electron chi connectivity index (χ3n) is 3.85. The highest BCUT2D eigenvalue weighted by Crippen LogP contribution is 2.28. The highest BCUT2D eigenvalue weighted by atomic mass is 79.9. The molecular weight excluding hydrogens is 356 g/mol. The van der Waals surface area contributed by atoms with Crippen LogP contribution in [0.1, 0.15) is 30.9 Å². The lowest BCUT2D eigenvalue weighted by Gasteiger charge is -2.32. The van der Waals surface area contributed by atoms with Crippen molar-refractivity contribution in [3.63, 3.8) is 0 Å². The van der Waals surface area contributed by atoms with Gasteiger partial charge in [0.1, 0.15) is 0 Å². The van der Waals surface area contributed by atoms with E-state index in [2.05, 4.69) is 26.3 Å². The molecule has 0 radical (unpaired) electrons. The van der Waals surface area contributed by atoms with Gasteiger partial charge in [0.25, 0.3) is 0 Å². The summed E-state index contributed by atoms with van der Waals surface area (Å²) >= 11 is 3.40. The van der Waals surface area contributed by atoms with Gasteiger partial charge < -0.3 is 0 Å². The van der Waals surface area contributed by atoms with Gasteiger partial charge in [0.15, 0.2) is 0 Å². The number of piperidine rings is 1. The maximum absolute atomic E-state index is 11.7. The summed E-state index contributed by atoms with van der Waals surface area (Å²) in [6.07, 6.45) is 7.49. The van der Waals surface area contributed by atoms with E-state index in [0.29, 0.717) is 19.0 Å². The van der Waals surface area contributed by atoms with Gasteiger partial charge in [0, 0.05) is 36.0 Å². The van der Waals surface area contributed by atoms with E-state index < -0.39 is 10.0 Å². The van der Waals surface area contributed by atoms with Crippen LogP contribution in [0.25, 0.3) is 0 Å². The van der Waals surface area contributed by atoms with E-state index in [9.17, 15) is 8.42 Å². The van der Waals surface area contributed by atoms with Gasteiger partial charge in [-0.05, 0) is 52.7 Å². The Morgan fingerprint density at radius 1 is 1.57 bits per heavy atom. The molecule has 8 heteroatoms. The quantitative estimate of drug-likeness (QED) is 0.598. The van der Waals surface area contributed by atoms with Gasteiger partial charge in [-0.25, -0.2) is 12.7 Å². The lowest BCUT2D eigenvalue weighted by molar-refractivity contribution is 0.238. The molecule has 2 unspecified atom stereocenters. The number of nitrogens with zero attached hydrogens (tertiary/aromatic N) is 2. The zero-order valence-corrected chi connectivity index (χ0v) is 14.4. The Kier molecular flexibility index (Phi) is 5.73. The standard InChI is InChI=1S/C13H21BrN4O2S/c1-21(19,20)18-4-2-3-10(9-18)5-13(17-15)11-6-12(14)8-16-7-11/h6-8,10,13,17H,2-5,9,15H2,1H3. The number of halogens is 1. The zero-order chi connectivity index (χ0) is 15.5. The monoisotopic (exact) mass is 376 g/mol. The number of aromatic nitrogens is 1. The molecule has 0 aliphatic carbocycles. The molecule has 1 aliphatic heterocycles. The normalized spacial score (nSPS) is 22.1. The molecule has 0 aromatic carbocycles. The highest BCUT2D eigenvalue weighted by Gasteiger charge is 2.28. The largest absolute Gasteiger partial charge is 0.271 e. The Labute approximate surface area is 134 Å². The third kappa shape index (κ3) is 4.72. The van der Waals surface area contributed by atoms with Crippen molar-refractivity contribution in [2.45, 2.75) is 25.3 Å². The molecule has 1 saturated heterocycles. The molecule has 2 rings (SSSR count). The average molecular weight is 377 g/mol. The first kappa shape index (κ1) is 16.8. The van der Waals surface area contributed by atoms with Crippen molar-refractivity contribution in [3.05, 3.63) is 28.5 Å². The molecule has 6 nitrogen and oxygen atoms in total. The summed E-state index contributed by atoms with van der Waals surface area (Å²) in [7, 11) is -3.11. The van der Waals surface area contributed by atoms with Crippen molar-refractivity contribution in [3.8, 4) is 0 Å². The molecule has 21 heavy (non-hydrogen) atoms. The Bertz CT molecular complexity index is 581. The van der Waals surface area contributed by atoms with Crippen molar-refractivity contribution >= 4 is 26.0 Å². The molecule has 1 aromatic rings. The van der Waals surface area contributed by atoms with Crippen LogP contribution >= 0.6 is 15.9 Å². The predicted molar refractivity (Wildman–Crippen MR) is 85.8 cm³/mol. The number of hydrazine groups is 1. The second-order valence-electron chi connectivity index (χ2n) is 5.52. The number of hydrogen-bond donors (Lipinski definition) is 2. The molecule has 0 spiro atoms. The van der Waals surface area contributed by atoms with E-state index in [1.165, 1.54) is 6.26 Å². The fourth-order valence-electron chi connectivity index (χ4n) is 2.77. The molecular formula is C13H21BrN4O2S. The Balaban J connectivity index is 2.05. The SMILES string of the molecule is CS(=O)(=O)N1CCCC(CC(NN)c2cncc(Br)c2)C1. The predicted octanol–water partition coefficient (Wildman–Crippen LogP) is 1.41. The second kappa shape index (κ2) is 7.15. The Hall–Kier alpha value is -0.540. The number of nitrogens with one attached hydrogen (secondary N) is 1. The van der Waals surface area contributed by atoms with Gasteiger partial charge >= 0.3 is 0 Å². The summed E-state index contributed by atoms with van der Waals surface area (Å²) in [4.78, 5) is 4.15. The van der Waals surface area contributed by atoms with Crippen molar-refractivity contribution in [1.82, 2.24) is 14.7 Å². The number of nitrogens with two attached hydrogens (primary N) is 1. The van der Waals surface area contributed by atoms with Gasteiger partial charge in [0.05, 0.1) is 6.26 Å². The van der Waals surface area contributed by atoms with Gasteiger partial charge in [-0.3, -0.25) is 16.3 Å².